The van der Waals surface area contributed by atoms with Gasteiger partial charge in [-0.1, -0.05) is 49.3 Å². The Morgan fingerprint density at radius 3 is 2.54 bits per heavy atom. The number of fused-ring (bicyclic) bond motifs is 1. The maximum atomic E-state index is 13.0. The minimum Gasteiger partial charge on any atom is -0.511 e. The number of aliphatic carboxylic acids is 1. The van der Waals surface area contributed by atoms with Crippen LogP contribution in [0.3, 0.4) is 0 Å². The third-order valence-electron chi connectivity index (χ3n) is 6.69. The summed E-state index contributed by atoms with van der Waals surface area (Å²) in [7, 11) is 0. The van der Waals surface area contributed by atoms with E-state index in [-0.39, 0.29) is 59.2 Å². The fourth-order valence-corrected chi connectivity index (χ4v) is 4.97. The minimum atomic E-state index is -1.13. The van der Waals surface area contributed by atoms with Crippen molar-refractivity contribution in [2.45, 2.75) is 71.3 Å². The molecule has 2 aliphatic carbocycles. The molecule has 2 atom stereocenters. The Kier molecular flexibility index (Phi) is 6.74. The number of aliphatic hydroxyl groups is 1. The van der Waals surface area contributed by atoms with E-state index in [1.54, 1.807) is 0 Å². The number of allylic oxidation sites excluding steroid dienone is 2. The topological polar surface area (TPSA) is 130 Å². The van der Waals surface area contributed by atoms with E-state index in [1.165, 1.54) is 6.92 Å². The van der Waals surface area contributed by atoms with Gasteiger partial charge in [0.05, 0.1) is 22.5 Å². The molecular formula is C27H30N2O6. The van der Waals surface area contributed by atoms with Gasteiger partial charge in [0.25, 0.3) is 0 Å². The van der Waals surface area contributed by atoms with Crippen LogP contribution in [0.25, 0.3) is 0 Å². The Bertz CT molecular complexity index is 1220. The van der Waals surface area contributed by atoms with Crippen LogP contribution in [0.1, 0.15) is 79.7 Å². The Labute approximate surface area is 203 Å². The molecule has 2 unspecified atom stereocenters. The molecule has 2 aromatic rings. The van der Waals surface area contributed by atoms with Crippen LogP contribution >= 0.6 is 0 Å². The molecule has 0 saturated heterocycles. The summed E-state index contributed by atoms with van der Waals surface area (Å²) in [5, 5.41) is 24.2. The third-order valence-corrected chi connectivity index (χ3v) is 6.69. The number of aliphatic imine (C=N–C) groups is 1. The summed E-state index contributed by atoms with van der Waals surface area (Å²) in [6, 6.07) is 8.72. The lowest BCUT2D eigenvalue weighted by atomic mass is 9.75. The largest absolute Gasteiger partial charge is 0.511 e. The van der Waals surface area contributed by atoms with Crippen LogP contribution in [0.4, 0.5) is 0 Å². The predicted molar refractivity (Wildman–Crippen MR) is 129 cm³/mol. The first-order chi connectivity index (χ1) is 16.6. The van der Waals surface area contributed by atoms with Gasteiger partial charge in [-0.25, -0.2) is 4.79 Å². The number of hydrogen-bond donors (Lipinski definition) is 2. The number of rotatable bonds is 7. The first-order valence-electron chi connectivity index (χ1n) is 11.9. The highest BCUT2D eigenvalue weighted by Gasteiger charge is 2.36. The summed E-state index contributed by atoms with van der Waals surface area (Å²) >= 11 is 0. The SMILES string of the molecule is CC(N=C(CCc1noc2c1C(=O)CC(c1ccccc1)C2)C1=C(O)CC(C)(C)CC1=O)C(=O)O. The summed E-state index contributed by atoms with van der Waals surface area (Å²) in [6.45, 7) is 5.21. The molecule has 0 aliphatic heterocycles. The molecule has 0 saturated carbocycles. The lowest BCUT2D eigenvalue weighted by Crippen LogP contribution is -2.30. The van der Waals surface area contributed by atoms with E-state index in [2.05, 4.69) is 10.1 Å². The van der Waals surface area contributed by atoms with Crippen molar-refractivity contribution in [3.05, 3.63) is 64.2 Å². The van der Waals surface area contributed by atoms with Crippen LogP contribution in [0.2, 0.25) is 0 Å². The van der Waals surface area contributed by atoms with Crippen molar-refractivity contribution in [3.63, 3.8) is 0 Å². The Hall–Kier alpha value is -3.55. The number of carbonyl (C=O) groups excluding carboxylic acids is 2. The summed E-state index contributed by atoms with van der Waals surface area (Å²) in [4.78, 5) is 41.6. The van der Waals surface area contributed by atoms with E-state index in [0.29, 0.717) is 36.3 Å². The van der Waals surface area contributed by atoms with Crippen molar-refractivity contribution in [2.24, 2.45) is 10.4 Å². The van der Waals surface area contributed by atoms with Gasteiger partial charge in [0.1, 0.15) is 17.6 Å². The number of Topliss-reactive ketones (excluding diaryl/α,β-unsaturated/α-hetero) is 2. The zero-order valence-electron chi connectivity index (χ0n) is 20.2. The summed E-state index contributed by atoms with van der Waals surface area (Å²) < 4.78 is 5.54. The molecule has 8 nitrogen and oxygen atoms in total. The smallest absolute Gasteiger partial charge is 0.328 e. The molecule has 1 aromatic heterocycles. The fraction of sp³-hybridized carbons (Fsp3) is 0.444. The number of hydrogen-bond acceptors (Lipinski definition) is 7. The highest BCUT2D eigenvalue weighted by Crippen LogP contribution is 2.38. The van der Waals surface area contributed by atoms with Crippen molar-refractivity contribution in [3.8, 4) is 0 Å². The van der Waals surface area contributed by atoms with Crippen LogP contribution in [0.15, 0.2) is 51.2 Å². The number of carboxylic acids is 1. The molecule has 1 aromatic carbocycles. The molecule has 8 heteroatoms. The van der Waals surface area contributed by atoms with Crippen LogP contribution in [0, 0.1) is 5.41 Å². The number of carbonyl (C=O) groups is 3. The summed E-state index contributed by atoms with van der Waals surface area (Å²) in [5.74, 6) is -0.958. The average Bonchev–Trinajstić information content (AvgIpc) is 3.20. The van der Waals surface area contributed by atoms with Crippen LogP contribution in [-0.4, -0.2) is 44.7 Å². The molecule has 2 aliphatic rings. The first-order valence-corrected chi connectivity index (χ1v) is 11.9. The molecule has 2 N–H and O–H groups in total. The molecule has 1 heterocycles. The van der Waals surface area contributed by atoms with Gasteiger partial charge in [0.15, 0.2) is 11.6 Å². The van der Waals surface area contributed by atoms with Crippen LogP contribution < -0.4 is 0 Å². The van der Waals surface area contributed by atoms with Crippen LogP contribution in [-0.2, 0) is 22.4 Å². The van der Waals surface area contributed by atoms with Crippen molar-refractivity contribution in [1.29, 1.82) is 0 Å². The predicted octanol–water partition coefficient (Wildman–Crippen LogP) is 4.64. The number of aromatic nitrogens is 1. The number of ketones is 2. The Morgan fingerprint density at radius 1 is 1.17 bits per heavy atom. The first kappa shape index (κ1) is 24.6. The number of aliphatic hydroxyl groups excluding tert-OH is 1. The molecule has 4 rings (SSSR count). The number of benzene rings is 1. The van der Waals surface area contributed by atoms with Crippen molar-refractivity contribution >= 4 is 23.2 Å². The van der Waals surface area contributed by atoms with Gasteiger partial charge in [0.2, 0.25) is 0 Å². The summed E-state index contributed by atoms with van der Waals surface area (Å²) in [5.41, 5.74) is 1.93. The number of aryl methyl sites for hydroxylation is 1. The van der Waals surface area contributed by atoms with Gasteiger partial charge < -0.3 is 14.7 Å². The maximum Gasteiger partial charge on any atom is 0.328 e. The fourth-order valence-electron chi connectivity index (χ4n) is 4.97. The van der Waals surface area contributed by atoms with E-state index < -0.39 is 12.0 Å². The van der Waals surface area contributed by atoms with E-state index in [9.17, 15) is 24.6 Å². The molecule has 0 radical (unpaired) electrons. The molecule has 0 amide bonds. The Morgan fingerprint density at radius 2 is 1.89 bits per heavy atom. The molecule has 184 valence electrons. The van der Waals surface area contributed by atoms with Gasteiger partial charge in [-0.3, -0.25) is 14.6 Å². The zero-order valence-corrected chi connectivity index (χ0v) is 20.2. The van der Waals surface area contributed by atoms with E-state index in [0.717, 1.165) is 5.56 Å². The van der Waals surface area contributed by atoms with E-state index >= 15 is 0 Å². The van der Waals surface area contributed by atoms with Crippen LogP contribution in [0.5, 0.6) is 0 Å². The lowest BCUT2D eigenvalue weighted by molar-refractivity contribution is -0.138. The van der Waals surface area contributed by atoms with Gasteiger partial charge >= 0.3 is 5.97 Å². The van der Waals surface area contributed by atoms with E-state index in [4.69, 9.17) is 4.52 Å². The van der Waals surface area contributed by atoms with Crippen molar-refractivity contribution < 1.29 is 29.1 Å². The maximum absolute atomic E-state index is 13.0. The average molecular weight is 479 g/mol. The highest BCUT2D eigenvalue weighted by atomic mass is 16.5. The molecule has 35 heavy (non-hydrogen) atoms. The number of carboxylic acid groups (broad SMARTS) is 1. The Balaban J connectivity index is 1.59. The zero-order chi connectivity index (χ0) is 25.3. The molecule has 0 bridgehead atoms. The van der Waals surface area contributed by atoms with Crippen molar-refractivity contribution in [2.75, 3.05) is 0 Å². The normalized spacial score (nSPS) is 21.1. The second-order valence-corrected chi connectivity index (χ2v) is 10.2. The molecule has 0 spiro atoms. The minimum absolute atomic E-state index is 0.0239. The number of nitrogens with zero attached hydrogens (tertiary/aromatic N) is 2. The van der Waals surface area contributed by atoms with E-state index in [1.807, 2.05) is 44.2 Å². The standard InChI is InChI=1S/C27H30N2O6/c1-15(26(33)34)28-18(24-21(31)13-27(2,3)14-22(24)32)9-10-19-25-20(30)11-17(12-23(25)35-29-19)16-7-5-4-6-8-16/h4-8,15,17,31H,9-14H2,1-3H3,(H,33,34). The molecule has 0 fully saturated rings. The second kappa shape index (κ2) is 9.60. The summed E-state index contributed by atoms with van der Waals surface area (Å²) in [6.07, 6.45) is 1.83. The quantitative estimate of drug-likeness (QED) is 0.555. The van der Waals surface area contributed by atoms with Gasteiger partial charge in [-0.15, -0.1) is 0 Å². The van der Waals surface area contributed by atoms with Crippen molar-refractivity contribution in [1.82, 2.24) is 5.16 Å². The third kappa shape index (κ3) is 5.26. The second-order valence-electron chi connectivity index (χ2n) is 10.2. The monoisotopic (exact) mass is 478 g/mol. The van der Waals surface area contributed by atoms with Gasteiger partial charge in [0, 0.05) is 25.7 Å². The lowest BCUT2D eigenvalue weighted by Gasteiger charge is -2.30. The van der Waals surface area contributed by atoms with Gasteiger partial charge in [-0.05, 0) is 36.7 Å². The molecular weight excluding hydrogens is 448 g/mol. The highest BCUT2D eigenvalue weighted by molar-refractivity contribution is 6.23. The van der Waals surface area contributed by atoms with Gasteiger partial charge in [-0.2, -0.15) is 0 Å².